The van der Waals surface area contributed by atoms with Gasteiger partial charge in [0.25, 0.3) is 0 Å². The Labute approximate surface area is 127 Å². The molecule has 1 atom stereocenters. The fraction of sp³-hybridized carbons (Fsp3) is 0.733. The summed E-state index contributed by atoms with van der Waals surface area (Å²) in [5.74, 6) is -0.397. The second kappa shape index (κ2) is 13.4. The van der Waals surface area contributed by atoms with Crippen molar-refractivity contribution in [3.63, 3.8) is 0 Å². The zero-order valence-electron chi connectivity index (χ0n) is 13.2. The third-order valence-corrected chi connectivity index (χ3v) is 2.99. The van der Waals surface area contributed by atoms with Crippen molar-refractivity contribution in [3.05, 3.63) is 12.2 Å². The van der Waals surface area contributed by atoms with Crippen LogP contribution in [0.15, 0.2) is 12.2 Å². The van der Waals surface area contributed by atoms with Crippen LogP contribution in [0, 0.1) is 0 Å². The molecule has 0 aromatic heterocycles. The molecule has 0 aromatic rings. The van der Waals surface area contributed by atoms with Crippen LogP contribution in [0.1, 0.15) is 46.0 Å². The number of carbonyl (C=O) groups excluding carboxylic acids is 2. The van der Waals surface area contributed by atoms with Gasteiger partial charge in [0.1, 0.15) is 6.61 Å². The van der Waals surface area contributed by atoms with Gasteiger partial charge in [-0.3, -0.25) is 4.79 Å². The summed E-state index contributed by atoms with van der Waals surface area (Å²) in [6.07, 6.45) is 8.67. The Balaban J connectivity index is 3.79. The fourth-order valence-corrected chi connectivity index (χ4v) is 1.91. The first-order chi connectivity index (χ1) is 10.1. The quantitative estimate of drug-likeness (QED) is 0.342. The summed E-state index contributed by atoms with van der Waals surface area (Å²) in [5, 5.41) is 16.8. The lowest BCUT2D eigenvalue weighted by Crippen LogP contribution is -2.42. The number of urea groups is 1. The Hall–Kier alpha value is -1.56. The first-order valence-corrected chi connectivity index (χ1v) is 7.67. The van der Waals surface area contributed by atoms with E-state index in [1.165, 1.54) is 0 Å². The van der Waals surface area contributed by atoms with Gasteiger partial charge in [0, 0.05) is 19.1 Å². The minimum atomic E-state index is -0.501. The fourth-order valence-electron chi connectivity index (χ4n) is 1.91. The highest BCUT2D eigenvalue weighted by molar-refractivity contribution is 5.76. The van der Waals surface area contributed by atoms with Crippen molar-refractivity contribution in [2.24, 2.45) is 0 Å². The summed E-state index contributed by atoms with van der Waals surface area (Å²) in [6.45, 7) is 4.53. The van der Waals surface area contributed by atoms with Crippen LogP contribution in [0.5, 0.6) is 0 Å². The molecule has 0 saturated heterocycles. The Morgan fingerprint density at radius 2 is 1.90 bits per heavy atom. The molecule has 1 unspecified atom stereocenters. The number of hydrogen-bond donors (Lipinski definition) is 4. The highest BCUT2D eigenvalue weighted by atomic mass is 16.3. The molecule has 0 rings (SSSR count). The van der Waals surface area contributed by atoms with Crippen LogP contribution in [0.4, 0.5) is 4.79 Å². The summed E-state index contributed by atoms with van der Waals surface area (Å²) in [5.41, 5.74) is 0. The lowest BCUT2D eigenvalue weighted by Gasteiger charge is -2.18. The SMILES string of the molecule is C/C=C/CCC(CCC)NC(=O)NCCCNC(=O)CO. The van der Waals surface area contributed by atoms with E-state index in [0.717, 1.165) is 25.7 Å². The molecule has 0 radical (unpaired) electrons. The summed E-state index contributed by atoms with van der Waals surface area (Å²) in [7, 11) is 0. The van der Waals surface area contributed by atoms with Gasteiger partial charge in [-0.25, -0.2) is 4.79 Å². The average molecular weight is 299 g/mol. The molecular formula is C15H29N3O3. The topological polar surface area (TPSA) is 90.5 Å². The van der Waals surface area contributed by atoms with Crippen LogP contribution in [0.2, 0.25) is 0 Å². The van der Waals surface area contributed by atoms with Crippen molar-refractivity contribution in [1.29, 1.82) is 0 Å². The van der Waals surface area contributed by atoms with Gasteiger partial charge in [-0.15, -0.1) is 0 Å². The molecular weight excluding hydrogens is 270 g/mol. The van der Waals surface area contributed by atoms with Gasteiger partial charge in [-0.05, 0) is 32.6 Å². The Morgan fingerprint density at radius 1 is 1.19 bits per heavy atom. The third kappa shape index (κ3) is 11.9. The standard InChI is InChI=1S/C15H29N3O3/c1-3-5-6-9-13(8-4-2)18-15(21)17-11-7-10-16-14(20)12-19/h3,5,13,19H,4,6-12H2,1-2H3,(H,16,20)(H2,17,18,21)/b5-3+. The zero-order chi connectivity index (χ0) is 15.9. The van der Waals surface area contributed by atoms with Gasteiger partial charge >= 0.3 is 6.03 Å². The average Bonchev–Trinajstić information content (AvgIpc) is 2.47. The van der Waals surface area contributed by atoms with E-state index in [9.17, 15) is 9.59 Å². The van der Waals surface area contributed by atoms with E-state index in [1.807, 2.05) is 13.0 Å². The normalized spacial score (nSPS) is 12.1. The molecule has 3 amide bonds. The molecule has 0 fully saturated rings. The number of carbonyl (C=O) groups is 2. The monoisotopic (exact) mass is 299 g/mol. The van der Waals surface area contributed by atoms with Crippen molar-refractivity contribution < 1.29 is 14.7 Å². The van der Waals surface area contributed by atoms with Gasteiger partial charge in [0.05, 0.1) is 0 Å². The minimum absolute atomic E-state index is 0.164. The molecule has 21 heavy (non-hydrogen) atoms. The van der Waals surface area contributed by atoms with Crippen LogP contribution in [-0.2, 0) is 4.79 Å². The summed E-state index contributed by atoms with van der Waals surface area (Å²) in [4.78, 5) is 22.5. The molecule has 0 aliphatic rings. The molecule has 0 aromatic carbocycles. The Morgan fingerprint density at radius 3 is 2.52 bits per heavy atom. The maximum absolute atomic E-state index is 11.7. The lowest BCUT2D eigenvalue weighted by atomic mass is 10.1. The molecule has 0 spiro atoms. The number of hydrogen-bond acceptors (Lipinski definition) is 3. The maximum atomic E-state index is 11.7. The molecule has 6 nitrogen and oxygen atoms in total. The van der Waals surface area contributed by atoms with E-state index in [4.69, 9.17) is 5.11 Å². The van der Waals surface area contributed by atoms with Crippen LogP contribution in [-0.4, -0.2) is 42.8 Å². The Kier molecular flexibility index (Phi) is 12.4. The van der Waals surface area contributed by atoms with Crippen molar-refractivity contribution >= 4 is 11.9 Å². The summed E-state index contributed by atoms with van der Waals surface area (Å²) < 4.78 is 0. The van der Waals surface area contributed by atoms with E-state index < -0.39 is 12.5 Å². The molecule has 0 aliphatic carbocycles. The van der Waals surface area contributed by atoms with Gasteiger partial charge in [-0.1, -0.05) is 25.5 Å². The summed E-state index contributed by atoms with van der Waals surface area (Å²) in [6, 6.07) is 0.0303. The number of aliphatic hydroxyl groups is 1. The van der Waals surface area contributed by atoms with Crippen LogP contribution in [0.3, 0.4) is 0 Å². The summed E-state index contributed by atoms with van der Waals surface area (Å²) >= 11 is 0. The molecule has 122 valence electrons. The third-order valence-electron chi connectivity index (χ3n) is 2.99. The molecule has 0 bridgehead atoms. The largest absolute Gasteiger partial charge is 0.387 e. The van der Waals surface area contributed by atoms with E-state index >= 15 is 0 Å². The Bertz CT molecular complexity index is 319. The minimum Gasteiger partial charge on any atom is -0.387 e. The number of rotatable bonds is 11. The first kappa shape index (κ1) is 19.4. The smallest absolute Gasteiger partial charge is 0.315 e. The van der Waals surface area contributed by atoms with Crippen LogP contribution >= 0.6 is 0 Å². The molecule has 0 saturated carbocycles. The number of nitrogens with one attached hydrogen (secondary N) is 3. The predicted molar refractivity (Wildman–Crippen MR) is 84.0 cm³/mol. The van der Waals surface area contributed by atoms with Crippen LogP contribution < -0.4 is 16.0 Å². The lowest BCUT2D eigenvalue weighted by molar-refractivity contribution is -0.123. The second-order valence-corrected chi connectivity index (χ2v) is 4.89. The maximum Gasteiger partial charge on any atom is 0.315 e. The predicted octanol–water partition coefficient (Wildman–Crippen LogP) is 1.31. The van der Waals surface area contributed by atoms with Gasteiger partial charge < -0.3 is 21.1 Å². The zero-order valence-corrected chi connectivity index (χ0v) is 13.2. The number of allylic oxidation sites excluding steroid dienone is 2. The number of aliphatic hydroxyl groups excluding tert-OH is 1. The highest BCUT2D eigenvalue weighted by Gasteiger charge is 2.10. The second-order valence-electron chi connectivity index (χ2n) is 4.89. The van der Waals surface area contributed by atoms with Crippen LogP contribution in [0.25, 0.3) is 0 Å². The van der Waals surface area contributed by atoms with Crippen molar-refractivity contribution in [1.82, 2.24) is 16.0 Å². The number of amides is 3. The van der Waals surface area contributed by atoms with E-state index in [1.54, 1.807) is 0 Å². The van der Waals surface area contributed by atoms with Gasteiger partial charge in [0.15, 0.2) is 0 Å². The van der Waals surface area contributed by atoms with Gasteiger partial charge in [-0.2, -0.15) is 0 Å². The molecule has 0 aliphatic heterocycles. The van der Waals surface area contributed by atoms with Gasteiger partial charge in [0.2, 0.25) is 5.91 Å². The van der Waals surface area contributed by atoms with Crippen molar-refractivity contribution in [2.45, 2.75) is 52.0 Å². The van der Waals surface area contributed by atoms with Crippen molar-refractivity contribution in [3.8, 4) is 0 Å². The molecule has 0 heterocycles. The van der Waals surface area contributed by atoms with E-state index in [0.29, 0.717) is 19.5 Å². The molecule has 6 heteroatoms. The first-order valence-electron chi connectivity index (χ1n) is 7.67. The van der Waals surface area contributed by atoms with E-state index in [-0.39, 0.29) is 12.1 Å². The molecule has 4 N–H and O–H groups in total. The highest BCUT2D eigenvalue weighted by Crippen LogP contribution is 2.05. The van der Waals surface area contributed by atoms with Crippen molar-refractivity contribution in [2.75, 3.05) is 19.7 Å². The van der Waals surface area contributed by atoms with E-state index in [2.05, 4.69) is 29.0 Å².